The van der Waals surface area contributed by atoms with E-state index in [0.29, 0.717) is 19.4 Å². The van der Waals surface area contributed by atoms with Gasteiger partial charge in [0.1, 0.15) is 11.4 Å². The van der Waals surface area contributed by atoms with Crippen LogP contribution in [0.25, 0.3) is 0 Å². The van der Waals surface area contributed by atoms with Gasteiger partial charge in [-0.05, 0) is 11.1 Å². The summed E-state index contributed by atoms with van der Waals surface area (Å²) < 4.78 is 6.09. The van der Waals surface area contributed by atoms with Gasteiger partial charge in [-0.1, -0.05) is 60.7 Å². The molecule has 0 spiro atoms. The van der Waals surface area contributed by atoms with Gasteiger partial charge < -0.3 is 4.74 Å². The molecule has 0 amide bonds. The standard InChI is InChI=1S/C17H16O2/c18-16-11-12-19-17(13-16,14-7-3-1-4-8-14)15-9-5-2-6-10-15/h1-10H,11-13H2. The van der Waals surface area contributed by atoms with E-state index in [1.807, 2.05) is 60.7 Å². The van der Waals surface area contributed by atoms with Gasteiger partial charge in [0, 0.05) is 12.8 Å². The van der Waals surface area contributed by atoms with Crippen molar-refractivity contribution >= 4 is 5.78 Å². The Hall–Kier alpha value is -1.93. The van der Waals surface area contributed by atoms with Crippen molar-refractivity contribution in [2.45, 2.75) is 18.4 Å². The lowest BCUT2D eigenvalue weighted by Gasteiger charge is -2.37. The van der Waals surface area contributed by atoms with Gasteiger partial charge in [0.15, 0.2) is 0 Å². The van der Waals surface area contributed by atoms with Crippen LogP contribution in [0.4, 0.5) is 0 Å². The van der Waals surface area contributed by atoms with E-state index in [0.717, 1.165) is 11.1 Å². The Morgan fingerprint density at radius 1 is 0.842 bits per heavy atom. The summed E-state index contributed by atoms with van der Waals surface area (Å²) in [6.07, 6.45) is 0.933. The van der Waals surface area contributed by atoms with Gasteiger partial charge in [0.2, 0.25) is 0 Å². The molecule has 0 atom stereocenters. The molecule has 2 aromatic carbocycles. The third-order valence-corrected chi connectivity index (χ3v) is 3.66. The second kappa shape index (κ2) is 4.98. The van der Waals surface area contributed by atoms with Gasteiger partial charge in [-0.2, -0.15) is 0 Å². The topological polar surface area (TPSA) is 26.3 Å². The molecule has 1 saturated heterocycles. The minimum absolute atomic E-state index is 0.263. The molecular weight excluding hydrogens is 236 g/mol. The molecule has 2 heteroatoms. The predicted octanol–water partition coefficient (Wildman–Crippen LogP) is 3.31. The highest BCUT2D eigenvalue weighted by atomic mass is 16.5. The van der Waals surface area contributed by atoms with E-state index < -0.39 is 5.60 Å². The number of hydrogen-bond donors (Lipinski definition) is 0. The number of carbonyl (C=O) groups is 1. The maximum Gasteiger partial charge on any atom is 0.138 e. The Labute approximate surface area is 113 Å². The van der Waals surface area contributed by atoms with Crippen LogP contribution in [0.2, 0.25) is 0 Å². The number of ether oxygens (including phenoxy) is 1. The predicted molar refractivity (Wildman–Crippen MR) is 73.9 cm³/mol. The average Bonchev–Trinajstić information content (AvgIpc) is 2.49. The lowest BCUT2D eigenvalue weighted by molar-refractivity contribution is -0.136. The number of ketones is 1. The number of rotatable bonds is 2. The lowest BCUT2D eigenvalue weighted by Crippen LogP contribution is -2.38. The Balaban J connectivity index is 2.13. The molecule has 2 nitrogen and oxygen atoms in total. The van der Waals surface area contributed by atoms with Crippen molar-refractivity contribution in [1.29, 1.82) is 0 Å². The van der Waals surface area contributed by atoms with E-state index in [2.05, 4.69) is 0 Å². The van der Waals surface area contributed by atoms with E-state index >= 15 is 0 Å². The zero-order chi connectivity index (χ0) is 13.1. The Kier molecular flexibility index (Phi) is 3.18. The maximum atomic E-state index is 11.9. The first kappa shape index (κ1) is 12.1. The highest BCUT2D eigenvalue weighted by molar-refractivity contribution is 5.81. The Bertz CT molecular complexity index is 521. The normalized spacial score (nSPS) is 18.2. The Morgan fingerprint density at radius 2 is 1.37 bits per heavy atom. The summed E-state index contributed by atoms with van der Waals surface area (Å²) in [4.78, 5) is 11.9. The van der Waals surface area contributed by atoms with Gasteiger partial charge in [-0.25, -0.2) is 0 Å². The summed E-state index contributed by atoms with van der Waals surface area (Å²) in [5.74, 6) is 0.263. The van der Waals surface area contributed by atoms with Crippen LogP contribution in [-0.4, -0.2) is 12.4 Å². The number of Topliss-reactive ketones (excluding diaryl/α,β-unsaturated/α-hetero) is 1. The second-order valence-corrected chi connectivity index (χ2v) is 4.87. The molecule has 0 unspecified atom stereocenters. The molecular formula is C17H16O2. The summed E-state index contributed by atoms with van der Waals surface area (Å²) in [5.41, 5.74) is 1.49. The first-order valence-corrected chi connectivity index (χ1v) is 6.58. The fourth-order valence-corrected chi connectivity index (χ4v) is 2.71. The van der Waals surface area contributed by atoms with Crippen molar-refractivity contribution in [3.8, 4) is 0 Å². The van der Waals surface area contributed by atoms with E-state index in [-0.39, 0.29) is 5.78 Å². The molecule has 1 aliphatic heterocycles. The number of hydrogen-bond acceptors (Lipinski definition) is 2. The zero-order valence-corrected chi connectivity index (χ0v) is 10.7. The molecule has 96 valence electrons. The quantitative estimate of drug-likeness (QED) is 0.819. The lowest BCUT2D eigenvalue weighted by atomic mass is 9.80. The van der Waals surface area contributed by atoms with Gasteiger partial charge in [0.25, 0.3) is 0 Å². The molecule has 0 saturated carbocycles. The molecule has 3 rings (SSSR count). The molecule has 19 heavy (non-hydrogen) atoms. The van der Waals surface area contributed by atoms with Crippen LogP contribution in [0.3, 0.4) is 0 Å². The molecule has 0 aliphatic carbocycles. The van der Waals surface area contributed by atoms with Gasteiger partial charge >= 0.3 is 0 Å². The van der Waals surface area contributed by atoms with Gasteiger partial charge in [-0.3, -0.25) is 4.79 Å². The van der Waals surface area contributed by atoms with Crippen LogP contribution >= 0.6 is 0 Å². The molecule has 0 N–H and O–H groups in total. The number of benzene rings is 2. The summed E-state index contributed by atoms with van der Waals surface area (Å²) in [6, 6.07) is 20.0. The highest BCUT2D eigenvalue weighted by Gasteiger charge is 2.40. The summed E-state index contributed by atoms with van der Waals surface area (Å²) in [6.45, 7) is 0.489. The van der Waals surface area contributed by atoms with Crippen LogP contribution in [-0.2, 0) is 15.1 Å². The molecule has 2 aromatic rings. The average molecular weight is 252 g/mol. The van der Waals surface area contributed by atoms with Crippen molar-refractivity contribution in [1.82, 2.24) is 0 Å². The highest BCUT2D eigenvalue weighted by Crippen LogP contribution is 2.39. The number of carbonyl (C=O) groups excluding carboxylic acids is 1. The van der Waals surface area contributed by atoms with E-state index in [4.69, 9.17) is 4.74 Å². The maximum absolute atomic E-state index is 11.9. The summed E-state index contributed by atoms with van der Waals surface area (Å²) in [7, 11) is 0. The van der Waals surface area contributed by atoms with Gasteiger partial charge in [0.05, 0.1) is 6.61 Å². The van der Waals surface area contributed by atoms with Crippen molar-refractivity contribution in [2.24, 2.45) is 0 Å². The molecule has 0 aromatic heterocycles. The molecule has 0 bridgehead atoms. The largest absolute Gasteiger partial charge is 0.365 e. The van der Waals surface area contributed by atoms with Crippen LogP contribution in [0.5, 0.6) is 0 Å². The zero-order valence-electron chi connectivity index (χ0n) is 10.7. The van der Waals surface area contributed by atoms with Crippen molar-refractivity contribution < 1.29 is 9.53 Å². The smallest absolute Gasteiger partial charge is 0.138 e. The van der Waals surface area contributed by atoms with Crippen LogP contribution in [0, 0.1) is 0 Å². The van der Waals surface area contributed by atoms with Crippen LogP contribution < -0.4 is 0 Å². The fourth-order valence-electron chi connectivity index (χ4n) is 2.71. The summed E-state index contributed by atoms with van der Waals surface area (Å²) in [5, 5.41) is 0. The SMILES string of the molecule is O=C1CCOC(c2ccccc2)(c2ccccc2)C1. The van der Waals surface area contributed by atoms with E-state index in [9.17, 15) is 4.79 Å². The Morgan fingerprint density at radius 3 is 1.84 bits per heavy atom. The fraction of sp³-hybridized carbons (Fsp3) is 0.235. The molecule has 0 radical (unpaired) electrons. The minimum atomic E-state index is -0.613. The van der Waals surface area contributed by atoms with Crippen molar-refractivity contribution in [3.63, 3.8) is 0 Å². The first-order valence-electron chi connectivity index (χ1n) is 6.58. The van der Waals surface area contributed by atoms with Gasteiger partial charge in [-0.15, -0.1) is 0 Å². The van der Waals surface area contributed by atoms with Crippen LogP contribution in [0.1, 0.15) is 24.0 Å². The van der Waals surface area contributed by atoms with Crippen molar-refractivity contribution in [3.05, 3.63) is 71.8 Å². The minimum Gasteiger partial charge on any atom is -0.365 e. The summed E-state index contributed by atoms with van der Waals surface area (Å²) >= 11 is 0. The van der Waals surface area contributed by atoms with Crippen molar-refractivity contribution in [2.75, 3.05) is 6.61 Å². The van der Waals surface area contributed by atoms with Crippen LogP contribution in [0.15, 0.2) is 60.7 Å². The van der Waals surface area contributed by atoms with E-state index in [1.165, 1.54) is 0 Å². The first-order chi connectivity index (χ1) is 9.31. The third kappa shape index (κ3) is 2.20. The molecule has 1 heterocycles. The molecule has 1 aliphatic rings. The molecule has 1 fully saturated rings. The monoisotopic (exact) mass is 252 g/mol. The van der Waals surface area contributed by atoms with E-state index in [1.54, 1.807) is 0 Å². The second-order valence-electron chi connectivity index (χ2n) is 4.87. The third-order valence-electron chi connectivity index (χ3n) is 3.66.